The summed E-state index contributed by atoms with van der Waals surface area (Å²) in [6.45, 7) is 4.38. The largest absolute Gasteiger partial charge is 0.481 e. The molecular weight excluding hydrogens is 568 g/mol. The fourth-order valence-electron chi connectivity index (χ4n) is 5.12. The van der Waals surface area contributed by atoms with E-state index < -0.39 is 5.97 Å². The molecule has 1 atom stereocenters. The molecule has 0 heterocycles. The van der Waals surface area contributed by atoms with Crippen LogP contribution in [0.15, 0.2) is 72.9 Å². The van der Waals surface area contributed by atoms with Gasteiger partial charge in [0.2, 0.25) is 0 Å². The Kier molecular flexibility index (Phi) is 34.7. The number of hydrogen-bond acceptors (Lipinski definition) is 3. The Morgan fingerprint density at radius 2 is 0.978 bits per heavy atom. The van der Waals surface area contributed by atoms with Crippen molar-refractivity contribution >= 4 is 11.9 Å². The van der Waals surface area contributed by atoms with Crippen LogP contribution in [-0.4, -0.2) is 23.1 Å². The van der Waals surface area contributed by atoms with Crippen LogP contribution in [0.2, 0.25) is 0 Å². The minimum absolute atomic E-state index is 0.0912. The fraction of sp³-hybridized carbons (Fsp3) is 0.667. The Labute approximate surface area is 284 Å². The molecule has 0 fully saturated rings. The minimum atomic E-state index is -0.731. The van der Waals surface area contributed by atoms with Gasteiger partial charge in [-0.25, -0.2) is 0 Å². The van der Waals surface area contributed by atoms with Gasteiger partial charge in [-0.2, -0.15) is 0 Å². The molecule has 1 unspecified atom stereocenters. The van der Waals surface area contributed by atoms with E-state index in [0.29, 0.717) is 12.8 Å². The van der Waals surface area contributed by atoms with Crippen molar-refractivity contribution in [3.05, 3.63) is 72.9 Å². The molecule has 0 aromatic heterocycles. The number of carbonyl (C=O) groups excluding carboxylic acids is 1. The summed E-state index contributed by atoms with van der Waals surface area (Å²) < 4.78 is 5.84. The smallest absolute Gasteiger partial charge is 0.306 e. The topological polar surface area (TPSA) is 63.6 Å². The van der Waals surface area contributed by atoms with Gasteiger partial charge >= 0.3 is 11.9 Å². The lowest BCUT2D eigenvalue weighted by Crippen LogP contribution is -2.16. The molecule has 0 aromatic rings. The maximum atomic E-state index is 12.6. The number of unbranched alkanes of at least 4 members (excludes halogenated alkanes) is 14. The van der Waals surface area contributed by atoms with Crippen LogP contribution in [0.3, 0.4) is 0 Å². The van der Waals surface area contributed by atoms with Crippen molar-refractivity contribution in [3.8, 4) is 0 Å². The zero-order valence-corrected chi connectivity index (χ0v) is 29.9. The van der Waals surface area contributed by atoms with Crippen LogP contribution in [0.1, 0.15) is 174 Å². The summed E-state index contributed by atoms with van der Waals surface area (Å²) in [5, 5.41) is 8.81. The van der Waals surface area contributed by atoms with Gasteiger partial charge in [0.25, 0.3) is 0 Å². The number of carbonyl (C=O) groups is 2. The maximum absolute atomic E-state index is 12.6. The Morgan fingerprint density at radius 1 is 0.522 bits per heavy atom. The van der Waals surface area contributed by atoms with Crippen molar-refractivity contribution in [1.82, 2.24) is 0 Å². The standard InChI is InChI=1S/C42H70O4/c1-3-5-7-9-11-13-14-15-16-17-18-19-20-21-22-23-24-25-27-29-35-39-42(45)46-40(37-33-30-31-34-38-41(43)44)36-32-28-26-12-10-8-6-4-2/h5,7,11-13,15-16,18-19,26,32,36,40H,3-4,6,8-10,14,17,20-25,27-31,33-35,37-39H2,1-2H3,(H,43,44)/b7-5-,13-11-,16-15-,19-18-,26-12-,36-32-. The molecule has 0 radical (unpaired) electrons. The van der Waals surface area contributed by atoms with Gasteiger partial charge in [-0.1, -0.05) is 145 Å². The van der Waals surface area contributed by atoms with Crippen LogP contribution in [0.4, 0.5) is 0 Å². The van der Waals surface area contributed by atoms with Crippen LogP contribution in [0.25, 0.3) is 0 Å². The summed E-state index contributed by atoms with van der Waals surface area (Å²) in [7, 11) is 0. The molecule has 4 heteroatoms. The van der Waals surface area contributed by atoms with Crippen molar-refractivity contribution < 1.29 is 19.4 Å². The van der Waals surface area contributed by atoms with Gasteiger partial charge in [0.1, 0.15) is 6.10 Å². The molecule has 1 N–H and O–H groups in total. The minimum Gasteiger partial charge on any atom is -0.481 e. The molecular formula is C42H70O4. The van der Waals surface area contributed by atoms with Crippen LogP contribution in [-0.2, 0) is 14.3 Å². The quantitative estimate of drug-likeness (QED) is 0.0441. The van der Waals surface area contributed by atoms with Crippen LogP contribution in [0.5, 0.6) is 0 Å². The summed E-state index contributed by atoms with van der Waals surface area (Å²) >= 11 is 0. The Balaban J connectivity index is 3.97. The lowest BCUT2D eigenvalue weighted by molar-refractivity contribution is -0.147. The first-order valence-corrected chi connectivity index (χ1v) is 18.9. The zero-order chi connectivity index (χ0) is 33.6. The molecule has 0 amide bonds. The number of rotatable bonds is 33. The molecule has 4 nitrogen and oxygen atoms in total. The van der Waals surface area contributed by atoms with Gasteiger partial charge in [-0.05, 0) is 89.5 Å². The van der Waals surface area contributed by atoms with Crippen molar-refractivity contribution in [2.45, 2.75) is 180 Å². The van der Waals surface area contributed by atoms with Gasteiger partial charge in [0.05, 0.1) is 0 Å². The number of allylic oxidation sites excluding steroid dienone is 11. The van der Waals surface area contributed by atoms with Gasteiger partial charge in [0.15, 0.2) is 0 Å². The highest BCUT2D eigenvalue weighted by Crippen LogP contribution is 2.15. The van der Waals surface area contributed by atoms with E-state index in [0.717, 1.165) is 77.0 Å². The van der Waals surface area contributed by atoms with Gasteiger partial charge in [-0.3, -0.25) is 9.59 Å². The Morgan fingerprint density at radius 3 is 1.54 bits per heavy atom. The Hall–Kier alpha value is -2.62. The molecule has 262 valence electrons. The molecule has 0 saturated heterocycles. The van der Waals surface area contributed by atoms with E-state index in [1.807, 2.05) is 6.08 Å². The van der Waals surface area contributed by atoms with Crippen molar-refractivity contribution in [2.24, 2.45) is 0 Å². The zero-order valence-electron chi connectivity index (χ0n) is 29.9. The second-order valence-electron chi connectivity index (χ2n) is 12.4. The molecule has 46 heavy (non-hydrogen) atoms. The highest BCUT2D eigenvalue weighted by atomic mass is 16.5. The molecule has 0 aromatic carbocycles. The lowest BCUT2D eigenvalue weighted by Gasteiger charge is -2.14. The molecule has 0 saturated carbocycles. The van der Waals surface area contributed by atoms with E-state index >= 15 is 0 Å². The first kappa shape index (κ1) is 43.4. The third-order valence-corrected chi connectivity index (χ3v) is 7.90. The number of carboxylic acids is 1. The van der Waals surface area contributed by atoms with E-state index in [2.05, 4.69) is 80.7 Å². The van der Waals surface area contributed by atoms with Gasteiger partial charge < -0.3 is 9.84 Å². The van der Waals surface area contributed by atoms with E-state index in [1.54, 1.807) is 0 Å². The molecule has 0 aliphatic heterocycles. The predicted molar refractivity (Wildman–Crippen MR) is 199 cm³/mol. The second-order valence-corrected chi connectivity index (χ2v) is 12.4. The third-order valence-electron chi connectivity index (χ3n) is 7.90. The highest BCUT2D eigenvalue weighted by Gasteiger charge is 2.11. The van der Waals surface area contributed by atoms with Gasteiger partial charge in [-0.15, -0.1) is 0 Å². The van der Waals surface area contributed by atoms with E-state index in [-0.39, 0.29) is 18.5 Å². The molecule has 0 rings (SSSR count). The maximum Gasteiger partial charge on any atom is 0.306 e. The van der Waals surface area contributed by atoms with Crippen molar-refractivity contribution in [2.75, 3.05) is 0 Å². The lowest BCUT2D eigenvalue weighted by atomic mass is 10.1. The first-order valence-electron chi connectivity index (χ1n) is 18.9. The summed E-state index contributed by atoms with van der Waals surface area (Å²) in [4.78, 5) is 23.3. The van der Waals surface area contributed by atoms with Gasteiger partial charge in [0, 0.05) is 12.8 Å². The fourth-order valence-corrected chi connectivity index (χ4v) is 5.12. The van der Waals surface area contributed by atoms with Crippen molar-refractivity contribution in [1.29, 1.82) is 0 Å². The van der Waals surface area contributed by atoms with Crippen molar-refractivity contribution in [3.63, 3.8) is 0 Å². The highest BCUT2D eigenvalue weighted by molar-refractivity contribution is 5.69. The average molecular weight is 639 g/mol. The third kappa shape index (κ3) is 35.9. The average Bonchev–Trinajstić information content (AvgIpc) is 3.04. The molecule has 0 aliphatic rings. The van der Waals surface area contributed by atoms with E-state index in [4.69, 9.17) is 9.84 Å². The monoisotopic (exact) mass is 639 g/mol. The van der Waals surface area contributed by atoms with E-state index in [9.17, 15) is 9.59 Å². The van der Waals surface area contributed by atoms with Crippen LogP contribution >= 0.6 is 0 Å². The predicted octanol–water partition coefficient (Wildman–Crippen LogP) is 13.1. The SMILES string of the molecule is CC/C=C\C/C=C\C/C=C\C/C=C\CCCCCCCCCCC(=O)OC(/C=C\C/C=C\CCCCC)CCCCCCC(=O)O. The van der Waals surface area contributed by atoms with Crippen LogP contribution < -0.4 is 0 Å². The number of esters is 1. The van der Waals surface area contributed by atoms with E-state index in [1.165, 1.54) is 64.2 Å². The number of hydrogen-bond donors (Lipinski definition) is 1. The Bertz CT molecular complexity index is 861. The first-order chi connectivity index (χ1) is 22.6. The summed E-state index contributed by atoms with van der Waals surface area (Å²) in [5.41, 5.74) is 0. The summed E-state index contributed by atoms with van der Waals surface area (Å²) in [5.74, 6) is -0.822. The number of ether oxygens (including phenoxy) is 1. The molecule has 0 spiro atoms. The normalized spacial score (nSPS) is 13.1. The summed E-state index contributed by atoms with van der Waals surface area (Å²) in [6, 6.07) is 0. The summed E-state index contributed by atoms with van der Waals surface area (Å²) in [6.07, 6.45) is 52.2. The molecule has 0 bridgehead atoms. The molecule has 0 aliphatic carbocycles. The second kappa shape index (κ2) is 36.8. The number of aliphatic carboxylic acids is 1. The van der Waals surface area contributed by atoms with Crippen LogP contribution in [0, 0.1) is 0 Å². The number of carboxylic acid groups (broad SMARTS) is 1.